The molecule has 0 spiro atoms. The van der Waals surface area contributed by atoms with E-state index in [-0.39, 0.29) is 18.3 Å². The van der Waals surface area contributed by atoms with Gasteiger partial charge in [0.1, 0.15) is 24.4 Å². The molecule has 0 aliphatic heterocycles. The lowest BCUT2D eigenvalue weighted by atomic mass is 9.99. The molecule has 1 N–H and O–H groups in total. The Bertz CT molecular complexity index is 1190. The number of aryl methyl sites for hydroxylation is 1. The van der Waals surface area contributed by atoms with Crippen molar-refractivity contribution in [1.82, 2.24) is 14.8 Å². The van der Waals surface area contributed by atoms with E-state index in [0.29, 0.717) is 18.2 Å². The van der Waals surface area contributed by atoms with E-state index in [1.54, 1.807) is 23.1 Å². The molecule has 2 aromatic carbocycles. The van der Waals surface area contributed by atoms with Crippen molar-refractivity contribution < 1.29 is 13.9 Å². The fraction of sp³-hybridized carbons (Fsp3) is 0.269. The summed E-state index contributed by atoms with van der Waals surface area (Å²) in [6, 6.07) is 19.6. The Morgan fingerprint density at radius 3 is 2.58 bits per heavy atom. The van der Waals surface area contributed by atoms with Gasteiger partial charge in [-0.2, -0.15) is 0 Å². The van der Waals surface area contributed by atoms with Crippen LogP contribution in [0.15, 0.2) is 71.4 Å². The standard InChI is InChI=1S/C26H28N4O3/c1-4-19(3)21-9-11-22(12-10-21)32-16-23-13-14-24(33-23)25(31)28-26-27-17-30(29-26)15-20-7-5-18(2)6-8-20/h5-14,17,19H,4,15-16H2,1-3H3,(H,28,29,31). The first-order valence-electron chi connectivity index (χ1n) is 11.1. The van der Waals surface area contributed by atoms with Crippen molar-refractivity contribution in [3.05, 3.63) is 95.2 Å². The molecule has 0 bridgehead atoms. The molecule has 4 aromatic rings. The highest BCUT2D eigenvalue weighted by Gasteiger charge is 2.14. The quantitative estimate of drug-likeness (QED) is 0.365. The molecule has 2 aromatic heterocycles. The average molecular weight is 445 g/mol. The molecule has 0 aliphatic carbocycles. The Labute approximate surface area is 193 Å². The second kappa shape index (κ2) is 10.2. The molecule has 7 nitrogen and oxygen atoms in total. The topological polar surface area (TPSA) is 82.2 Å². The van der Waals surface area contributed by atoms with Gasteiger partial charge in [0, 0.05) is 0 Å². The van der Waals surface area contributed by atoms with Gasteiger partial charge in [0.2, 0.25) is 5.95 Å². The van der Waals surface area contributed by atoms with Gasteiger partial charge in [0.05, 0.1) is 6.54 Å². The van der Waals surface area contributed by atoms with Gasteiger partial charge in [0.15, 0.2) is 5.76 Å². The number of furan rings is 1. The van der Waals surface area contributed by atoms with Gasteiger partial charge in [-0.1, -0.05) is 55.8 Å². The summed E-state index contributed by atoms with van der Waals surface area (Å²) in [5, 5.41) is 6.98. The zero-order valence-electron chi connectivity index (χ0n) is 19.1. The Kier molecular flexibility index (Phi) is 6.88. The van der Waals surface area contributed by atoms with Crippen molar-refractivity contribution in [3.8, 4) is 5.75 Å². The summed E-state index contributed by atoms with van der Waals surface area (Å²) in [5.41, 5.74) is 3.60. The van der Waals surface area contributed by atoms with Crippen molar-refractivity contribution in [2.24, 2.45) is 0 Å². The van der Waals surface area contributed by atoms with Gasteiger partial charge in [-0.05, 0) is 54.7 Å². The van der Waals surface area contributed by atoms with Crippen LogP contribution in [0.3, 0.4) is 0 Å². The fourth-order valence-corrected chi connectivity index (χ4v) is 3.33. The Balaban J connectivity index is 1.30. The van der Waals surface area contributed by atoms with Crippen molar-refractivity contribution in [3.63, 3.8) is 0 Å². The molecule has 33 heavy (non-hydrogen) atoms. The van der Waals surface area contributed by atoms with Gasteiger partial charge in [-0.3, -0.25) is 10.1 Å². The first kappa shape index (κ1) is 22.3. The van der Waals surface area contributed by atoms with Gasteiger partial charge in [-0.25, -0.2) is 9.67 Å². The number of anilines is 1. The first-order chi connectivity index (χ1) is 16.0. The van der Waals surface area contributed by atoms with Crippen LogP contribution in [-0.4, -0.2) is 20.7 Å². The number of hydrogen-bond donors (Lipinski definition) is 1. The number of amides is 1. The van der Waals surface area contributed by atoms with Crippen LogP contribution in [0.1, 0.15) is 59.2 Å². The van der Waals surface area contributed by atoms with Crippen LogP contribution < -0.4 is 10.1 Å². The van der Waals surface area contributed by atoms with E-state index in [2.05, 4.69) is 53.5 Å². The minimum atomic E-state index is -0.410. The summed E-state index contributed by atoms with van der Waals surface area (Å²) in [5.74, 6) is 1.83. The van der Waals surface area contributed by atoms with Crippen LogP contribution in [0.4, 0.5) is 5.95 Å². The number of benzene rings is 2. The lowest BCUT2D eigenvalue weighted by molar-refractivity contribution is 0.0991. The molecule has 4 rings (SSSR count). The molecule has 0 radical (unpaired) electrons. The zero-order valence-corrected chi connectivity index (χ0v) is 19.1. The maximum absolute atomic E-state index is 12.5. The highest BCUT2D eigenvalue weighted by atomic mass is 16.5. The summed E-state index contributed by atoms with van der Waals surface area (Å²) < 4.78 is 13.1. The zero-order chi connectivity index (χ0) is 23.2. The van der Waals surface area contributed by atoms with E-state index in [0.717, 1.165) is 17.7 Å². The van der Waals surface area contributed by atoms with Gasteiger partial charge >= 0.3 is 0 Å². The van der Waals surface area contributed by atoms with Crippen molar-refractivity contribution in [2.75, 3.05) is 5.32 Å². The van der Waals surface area contributed by atoms with Crippen LogP contribution in [-0.2, 0) is 13.2 Å². The van der Waals surface area contributed by atoms with Crippen LogP contribution >= 0.6 is 0 Å². The van der Waals surface area contributed by atoms with Gasteiger partial charge < -0.3 is 9.15 Å². The lowest BCUT2D eigenvalue weighted by Crippen LogP contribution is -2.12. The van der Waals surface area contributed by atoms with Crippen molar-refractivity contribution in [1.29, 1.82) is 0 Å². The number of aromatic nitrogens is 3. The van der Waals surface area contributed by atoms with E-state index in [1.807, 2.05) is 31.2 Å². The third kappa shape index (κ3) is 5.88. The lowest BCUT2D eigenvalue weighted by Gasteiger charge is -2.10. The second-order valence-electron chi connectivity index (χ2n) is 8.14. The summed E-state index contributed by atoms with van der Waals surface area (Å²) in [7, 11) is 0. The number of ether oxygens (including phenoxy) is 1. The molecule has 2 heterocycles. The molecule has 170 valence electrons. The summed E-state index contributed by atoms with van der Waals surface area (Å²) >= 11 is 0. The third-order valence-electron chi connectivity index (χ3n) is 5.56. The molecule has 0 saturated heterocycles. The molecule has 7 heteroatoms. The normalized spacial score (nSPS) is 11.8. The number of nitrogens with zero attached hydrogens (tertiary/aromatic N) is 3. The van der Waals surface area contributed by atoms with Crippen molar-refractivity contribution in [2.45, 2.75) is 46.3 Å². The number of nitrogens with one attached hydrogen (secondary N) is 1. The van der Waals surface area contributed by atoms with Crippen molar-refractivity contribution >= 4 is 11.9 Å². The molecule has 1 amide bonds. The number of carbonyl (C=O) groups excluding carboxylic acids is 1. The van der Waals surface area contributed by atoms with E-state index in [9.17, 15) is 4.79 Å². The van der Waals surface area contributed by atoms with Crippen LogP contribution in [0.2, 0.25) is 0 Å². The van der Waals surface area contributed by atoms with E-state index < -0.39 is 5.91 Å². The van der Waals surface area contributed by atoms with E-state index in [1.165, 1.54) is 11.1 Å². The number of carbonyl (C=O) groups is 1. The summed E-state index contributed by atoms with van der Waals surface area (Å²) in [4.78, 5) is 16.7. The summed E-state index contributed by atoms with van der Waals surface area (Å²) in [6.45, 7) is 7.23. The predicted octanol–water partition coefficient (Wildman–Crippen LogP) is 5.57. The van der Waals surface area contributed by atoms with E-state index >= 15 is 0 Å². The molecular formula is C26H28N4O3. The minimum Gasteiger partial charge on any atom is -0.486 e. The molecule has 0 saturated carbocycles. The van der Waals surface area contributed by atoms with Crippen LogP contribution in [0, 0.1) is 6.92 Å². The minimum absolute atomic E-state index is 0.176. The molecule has 0 aliphatic rings. The number of hydrogen-bond acceptors (Lipinski definition) is 5. The maximum atomic E-state index is 12.5. The largest absolute Gasteiger partial charge is 0.486 e. The van der Waals surface area contributed by atoms with Gasteiger partial charge in [0.25, 0.3) is 5.91 Å². The Hall–Kier alpha value is -3.87. The molecule has 1 unspecified atom stereocenters. The third-order valence-corrected chi connectivity index (χ3v) is 5.56. The monoisotopic (exact) mass is 444 g/mol. The number of rotatable bonds is 9. The molecule has 1 atom stereocenters. The smallest absolute Gasteiger partial charge is 0.293 e. The second-order valence-corrected chi connectivity index (χ2v) is 8.14. The van der Waals surface area contributed by atoms with Gasteiger partial charge in [-0.15, -0.1) is 5.10 Å². The Morgan fingerprint density at radius 1 is 1.09 bits per heavy atom. The highest BCUT2D eigenvalue weighted by Crippen LogP contribution is 2.22. The van der Waals surface area contributed by atoms with Crippen LogP contribution in [0.5, 0.6) is 5.75 Å². The predicted molar refractivity (Wildman–Crippen MR) is 126 cm³/mol. The summed E-state index contributed by atoms with van der Waals surface area (Å²) in [6.07, 6.45) is 2.68. The SMILES string of the molecule is CCC(C)c1ccc(OCc2ccc(C(=O)Nc3ncn(Cc4ccc(C)cc4)n3)o2)cc1. The first-order valence-corrected chi connectivity index (χ1v) is 11.1. The van der Waals surface area contributed by atoms with Crippen LogP contribution in [0.25, 0.3) is 0 Å². The molecule has 0 fully saturated rings. The average Bonchev–Trinajstić information content (AvgIpc) is 3.48. The highest BCUT2D eigenvalue weighted by molar-refractivity contribution is 6.01. The van der Waals surface area contributed by atoms with E-state index in [4.69, 9.17) is 9.15 Å². The molecular weight excluding hydrogens is 416 g/mol. The fourth-order valence-electron chi connectivity index (χ4n) is 3.33. The maximum Gasteiger partial charge on any atom is 0.293 e. The Morgan fingerprint density at radius 2 is 1.85 bits per heavy atom.